The van der Waals surface area contributed by atoms with Gasteiger partial charge >= 0.3 is 0 Å². The highest BCUT2D eigenvalue weighted by Crippen LogP contribution is 2.39. The van der Waals surface area contributed by atoms with Crippen LogP contribution in [0, 0.1) is 11.8 Å². The molecule has 1 fully saturated rings. The summed E-state index contributed by atoms with van der Waals surface area (Å²) in [5.41, 5.74) is 1.87. The Labute approximate surface area is 154 Å². The number of likely N-dealkylation sites (tertiary alicyclic amines) is 1. The number of hydrogen-bond donors (Lipinski definition) is 0. The summed E-state index contributed by atoms with van der Waals surface area (Å²) >= 11 is 0. The first kappa shape index (κ1) is 17.2. The van der Waals surface area contributed by atoms with Crippen LogP contribution in [0.15, 0.2) is 47.2 Å². The van der Waals surface area contributed by atoms with E-state index in [0.29, 0.717) is 17.0 Å². The zero-order chi connectivity index (χ0) is 18.9. The molecule has 0 spiro atoms. The maximum Gasteiger partial charge on any atom is 0.262 e. The highest BCUT2D eigenvalue weighted by molar-refractivity contribution is 5.50. The van der Waals surface area contributed by atoms with Crippen molar-refractivity contribution < 1.29 is 13.3 Å². The van der Waals surface area contributed by atoms with E-state index >= 15 is 0 Å². The third-order valence-electron chi connectivity index (χ3n) is 4.22. The second-order valence-corrected chi connectivity index (χ2v) is 6.34. The van der Waals surface area contributed by atoms with Gasteiger partial charge in [-0.1, -0.05) is 17.1 Å². The van der Waals surface area contributed by atoms with Crippen LogP contribution < -0.4 is 0 Å². The topological polar surface area (TPSA) is 67.9 Å². The number of alkyl halides is 2. The third kappa shape index (κ3) is 3.83. The first-order valence-corrected chi connectivity index (χ1v) is 8.31. The van der Waals surface area contributed by atoms with Crippen LogP contribution in [0.3, 0.4) is 0 Å². The summed E-state index contributed by atoms with van der Waals surface area (Å²) < 4.78 is 32.3. The minimum absolute atomic E-state index is 0.172. The summed E-state index contributed by atoms with van der Waals surface area (Å²) in [5.74, 6) is 3.61. The number of aromatic nitrogens is 4. The molecule has 4 rings (SSSR count). The molecule has 0 aliphatic carbocycles. The molecule has 3 aromatic heterocycles. The van der Waals surface area contributed by atoms with Crippen molar-refractivity contribution in [3.63, 3.8) is 0 Å². The smallest absolute Gasteiger partial charge is 0.262 e. The first-order chi connectivity index (χ1) is 13.0. The van der Waals surface area contributed by atoms with Crippen LogP contribution in [-0.4, -0.2) is 44.5 Å². The Morgan fingerprint density at radius 3 is 2.74 bits per heavy atom. The molecular formula is C19H15F2N5O. The Balaban J connectivity index is 1.50. The van der Waals surface area contributed by atoms with Crippen molar-refractivity contribution in [3.8, 4) is 23.4 Å². The zero-order valence-corrected chi connectivity index (χ0v) is 14.4. The summed E-state index contributed by atoms with van der Waals surface area (Å²) in [5, 5.41) is 3.87. The Hall–Kier alpha value is -3.18. The molecule has 0 saturated carbocycles. The van der Waals surface area contributed by atoms with Gasteiger partial charge in [-0.15, -0.1) is 0 Å². The van der Waals surface area contributed by atoms with E-state index in [9.17, 15) is 8.78 Å². The lowest BCUT2D eigenvalue weighted by Crippen LogP contribution is -2.22. The Morgan fingerprint density at radius 1 is 1.19 bits per heavy atom. The van der Waals surface area contributed by atoms with Gasteiger partial charge in [0.05, 0.1) is 12.6 Å². The summed E-state index contributed by atoms with van der Waals surface area (Å²) in [6, 6.07) is 8.41. The first-order valence-electron chi connectivity index (χ1n) is 8.31. The molecule has 4 heterocycles. The minimum atomic E-state index is -2.75. The fourth-order valence-corrected chi connectivity index (χ4v) is 2.90. The lowest BCUT2D eigenvalue weighted by molar-refractivity contribution is 0.0138. The van der Waals surface area contributed by atoms with Crippen LogP contribution in [0.4, 0.5) is 8.78 Å². The molecule has 0 unspecified atom stereocenters. The van der Waals surface area contributed by atoms with Gasteiger partial charge in [0.15, 0.2) is 0 Å². The van der Waals surface area contributed by atoms with Gasteiger partial charge in [-0.25, -0.2) is 13.8 Å². The predicted molar refractivity (Wildman–Crippen MR) is 92.7 cm³/mol. The van der Waals surface area contributed by atoms with E-state index in [1.807, 2.05) is 18.2 Å². The van der Waals surface area contributed by atoms with Crippen molar-refractivity contribution in [2.24, 2.45) is 0 Å². The quantitative estimate of drug-likeness (QED) is 0.649. The van der Waals surface area contributed by atoms with Gasteiger partial charge in [0.1, 0.15) is 11.4 Å². The van der Waals surface area contributed by atoms with Gasteiger partial charge in [-0.3, -0.25) is 9.88 Å². The molecule has 0 N–H and O–H groups in total. The van der Waals surface area contributed by atoms with E-state index < -0.39 is 12.0 Å². The maximum absolute atomic E-state index is 13.5. The van der Waals surface area contributed by atoms with Crippen LogP contribution >= 0.6 is 0 Å². The van der Waals surface area contributed by atoms with Crippen molar-refractivity contribution in [3.05, 3.63) is 59.9 Å². The van der Waals surface area contributed by atoms with Crippen molar-refractivity contribution in [1.82, 2.24) is 25.0 Å². The molecule has 1 atom stereocenters. The molecule has 0 amide bonds. The van der Waals surface area contributed by atoms with E-state index in [1.54, 1.807) is 31.6 Å². The molecule has 136 valence electrons. The van der Waals surface area contributed by atoms with Gasteiger partial charge in [0.25, 0.3) is 5.92 Å². The largest absolute Gasteiger partial charge is 0.337 e. The van der Waals surface area contributed by atoms with Crippen molar-refractivity contribution in [2.45, 2.75) is 18.4 Å². The van der Waals surface area contributed by atoms with Crippen LogP contribution in [0.1, 0.15) is 29.6 Å². The molecule has 6 nitrogen and oxygen atoms in total. The molecule has 3 aromatic rings. The van der Waals surface area contributed by atoms with Crippen molar-refractivity contribution in [1.29, 1.82) is 0 Å². The molecular weight excluding hydrogens is 352 g/mol. The van der Waals surface area contributed by atoms with Gasteiger partial charge in [-0.2, -0.15) is 4.98 Å². The van der Waals surface area contributed by atoms with E-state index in [2.05, 4.69) is 31.9 Å². The number of rotatable bonds is 2. The van der Waals surface area contributed by atoms with Crippen LogP contribution in [-0.2, 0) is 0 Å². The molecule has 27 heavy (non-hydrogen) atoms. The Kier molecular flexibility index (Phi) is 4.38. The summed E-state index contributed by atoms with van der Waals surface area (Å²) in [6.45, 7) is -0.322. The van der Waals surface area contributed by atoms with Crippen molar-refractivity contribution >= 4 is 0 Å². The molecule has 0 aromatic carbocycles. The summed E-state index contributed by atoms with van der Waals surface area (Å²) in [4.78, 5) is 14.2. The molecule has 8 heteroatoms. The van der Waals surface area contributed by atoms with E-state index in [1.165, 1.54) is 4.90 Å². The highest BCUT2D eigenvalue weighted by atomic mass is 19.3. The molecule has 1 saturated heterocycles. The second-order valence-electron chi connectivity index (χ2n) is 6.34. The predicted octanol–water partition coefficient (Wildman–Crippen LogP) is 2.94. The normalized spacial score (nSPS) is 18.9. The van der Waals surface area contributed by atoms with Gasteiger partial charge in [0.2, 0.25) is 11.7 Å². The summed E-state index contributed by atoms with van der Waals surface area (Å²) in [7, 11) is 1.61. The van der Waals surface area contributed by atoms with Gasteiger partial charge < -0.3 is 4.52 Å². The Morgan fingerprint density at radius 2 is 2.07 bits per heavy atom. The van der Waals surface area contributed by atoms with E-state index in [4.69, 9.17) is 4.52 Å². The standard InChI is InChI=1S/C19H15F2N5O/c1-26-12-19(20,21)10-16(26)18-24-17(25-27-18)15-8-6-13(11-23-15)5-7-14-4-2-3-9-22-14/h2-4,6,8-9,11,16H,10,12H2,1H3/t16-/m1/s1. The van der Waals surface area contributed by atoms with Crippen molar-refractivity contribution in [2.75, 3.05) is 13.6 Å². The minimum Gasteiger partial charge on any atom is -0.337 e. The van der Waals surface area contributed by atoms with E-state index in [-0.39, 0.29) is 24.7 Å². The van der Waals surface area contributed by atoms with Crippen LogP contribution in [0.5, 0.6) is 0 Å². The third-order valence-corrected chi connectivity index (χ3v) is 4.22. The SMILES string of the molecule is CN1CC(F)(F)C[C@@H]1c1nc(-c2ccc(C#Cc3ccccn3)cn2)no1. The van der Waals surface area contributed by atoms with Gasteiger partial charge in [-0.05, 0) is 37.2 Å². The zero-order valence-electron chi connectivity index (χ0n) is 14.4. The average Bonchev–Trinajstić information content (AvgIpc) is 3.25. The summed E-state index contributed by atoms with van der Waals surface area (Å²) in [6.07, 6.45) is 2.94. The molecule has 0 bridgehead atoms. The highest BCUT2D eigenvalue weighted by Gasteiger charge is 2.46. The molecule has 1 aliphatic heterocycles. The van der Waals surface area contributed by atoms with Crippen LogP contribution in [0.25, 0.3) is 11.5 Å². The second kappa shape index (κ2) is 6.85. The number of nitrogens with zero attached hydrogens (tertiary/aromatic N) is 5. The Bertz CT molecular complexity index is 992. The monoisotopic (exact) mass is 367 g/mol. The lowest BCUT2D eigenvalue weighted by atomic mass is 10.2. The maximum atomic E-state index is 13.5. The lowest BCUT2D eigenvalue weighted by Gasteiger charge is -2.13. The average molecular weight is 367 g/mol. The number of hydrogen-bond acceptors (Lipinski definition) is 6. The molecule has 1 aliphatic rings. The fraction of sp³-hybridized carbons (Fsp3) is 0.263. The van der Waals surface area contributed by atoms with E-state index in [0.717, 1.165) is 0 Å². The number of halogens is 2. The number of pyridine rings is 2. The van der Waals surface area contributed by atoms with Gasteiger partial charge in [0, 0.05) is 24.4 Å². The molecule has 0 radical (unpaired) electrons. The van der Waals surface area contributed by atoms with Crippen LogP contribution in [0.2, 0.25) is 0 Å². The fourth-order valence-electron chi connectivity index (χ4n) is 2.90.